The smallest absolute Gasteiger partial charge is 0.306 e. The number of amides is 1. The van der Waals surface area contributed by atoms with Crippen molar-refractivity contribution in [2.75, 3.05) is 6.61 Å². The maximum absolute atomic E-state index is 13.1. The van der Waals surface area contributed by atoms with Gasteiger partial charge in [-0.05, 0) is 51.4 Å². The molecule has 0 radical (unpaired) electrons. The molecule has 0 aliphatic carbocycles. The van der Waals surface area contributed by atoms with Gasteiger partial charge in [0.1, 0.15) is 6.10 Å². The number of hydrogen-bond donors (Lipinski definition) is 3. The molecular formula is C50H95NO5. The monoisotopic (exact) mass is 790 g/mol. The van der Waals surface area contributed by atoms with Crippen LogP contribution in [-0.2, 0) is 14.3 Å². The van der Waals surface area contributed by atoms with Gasteiger partial charge in [0.05, 0.1) is 25.2 Å². The summed E-state index contributed by atoms with van der Waals surface area (Å²) in [4.78, 5) is 26.0. The number of hydrogen-bond acceptors (Lipinski definition) is 5. The van der Waals surface area contributed by atoms with E-state index in [1.165, 1.54) is 141 Å². The van der Waals surface area contributed by atoms with Crippen LogP contribution < -0.4 is 5.32 Å². The van der Waals surface area contributed by atoms with Crippen LogP contribution >= 0.6 is 0 Å². The molecule has 1 amide bonds. The molecule has 0 aliphatic rings. The maximum Gasteiger partial charge on any atom is 0.306 e. The lowest BCUT2D eigenvalue weighted by Crippen LogP contribution is -2.46. The lowest BCUT2D eigenvalue weighted by Gasteiger charge is -2.24. The Bertz CT molecular complexity index is 889. The van der Waals surface area contributed by atoms with E-state index in [-0.39, 0.29) is 24.9 Å². The van der Waals surface area contributed by atoms with E-state index in [9.17, 15) is 19.8 Å². The van der Waals surface area contributed by atoms with Crippen LogP contribution in [0.3, 0.4) is 0 Å². The normalized spacial score (nSPS) is 13.4. The largest absolute Gasteiger partial charge is 0.462 e. The first kappa shape index (κ1) is 54.3. The number of esters is 1. The summed E-state index contributed by atoms with van der Waals surface area (Å²) in [6, 6.07) is -0.704. The van der Waals surface area contributed by atoms with E-state index in [0.29, 0.717) is 19.3 Å². The van der Waals surface area contributed by atoms with Crippen LogP contribution in [0.15, 0.2) is 24.3 Å². The third-order valence-electron chi connectivity index (χ3n) is 11.3. The Kier molecular flexibility index (Phi) is 43.1. The Labute approximate surface area is 348 Å². The minimum atomic E-state index is -0.789. The molecule has 3 N–H and O–H groups in total. The zero-order valence-corrected chi connectivity index (χ0v) is 37.5. The fourth-order valence-electron chi connectivity index (χ4n) is 7.54. The van der Waals surface area contributed by atoms with E-state index in [2.05, 4.69) is 50.4 Å². The highest BCUT2D eigenvalue weighted by Crippen LogP contribution is 2.17. The van der Waals surface area contributed by atoms with Gasteiger partial charge in [0, 0.05) is 6.42 Å². The van der Waals surface area contributed by atoms with Gasteiger partial charge < -0.3 is 20.3 Å². The van der Waals surface area contributed by atoms with Crippen molar-refractivity contribution >= 4 is 11.9 Å². The van der Waals surface area contributed by atoms with Crippen LogP contribution in [0.4, 0.5) is 0 Å². The quantitative estimate of drug-likeness (QED) is 0.0324. The summed E-state index contributed by atoms with van der Waals surface area (Å²) in [5, 5.41) is 23.6. The Hall–Kier alpha value is -1.66. The van der Waals surface area contributed by atoms with Crippen LogP contribution in [0.25, 0.3) is 0 Å². The van der Waals surface area contributed by atoms with Gasteiger partial charge in [0.2, 0.25) is 5.91 Å². The van der Waals surface area contributed by atoms with Gasteiger partial charge in [-0.2, -0.15) is 0 Å². The summed E-state index contributed by atoms with van der Waals surface area (Å²) in [6.45, 7) is 6.46. The summed E-state index contributed by atoms with van der Waals surface area (Å²) < 4.78 is 5.90. The van der Waals surface area contributed by atoms with Crippen molar-refractivity contribution in [1.82, 2.24) is 5.32 Å². The second-order valence-corrected chi connectivity index (χ2v) is 16.9. The highest BCUT2D eigenvalue weighted by atomic mass is 16.5. The van der Waals surface area contributed by atoms with E-state index in [1.54, 1.807) is 0 Å². The first-order valence-electron chi connectivity index (χ1n) is 24.6. The third-order valence-corrected chi connectivity index (χ3v) is 11.3. The number of nitrogens with one attached hydrogen (secondary N) is 1. The molecule has 0 aromatic rings. The first-order chi connectivity index (χ1) is 27.5. The summed E-state index contributed by atoms with van der Waals surface area (Å²) in [7, 11) is 0. The highest BCUT2D eigenvalue weighted by Gasteiger charge is 2.24. The van der Waals surface area contributed by atoms with E-state index in [1.807, 2.05) is 0 Å². The average molecular weight is 790 g/mol. The molecule has 0 rings (SSSR count). The molecule has 0 aliphatic heterocycles. The number of carbonyl (C=O) groups is 2. The van der Waals surface area contributed by atoms with E-state index in [4.69, 9.17) is 4.74 Å². The Balaban J connectivity index is 4.62. The maximum atomic E-state index is 13.1. The van der Waals surface area contributed by atoms with Crippen molar-refractivity contribution < 1.29 is 24.5 Å². The minimum Gasteiger partial charge on any atom is -0.462 e. The summed E-state index contributed by atoms with van der Waals surface area (Å²) >= 11 is 0. The van der Waals surface area contributed by atoms with Crippen LogP contribution in [-0.4, -0.2) is 46.9 Å². The molecule has 6 heteroatoms. The molecule has 3 atom stereocenters. The van der Waals surface area contributed by atoms with Crippen molar-refractivity contribution in [3.63, 3.8) is 0 Å². The standard InChI is InChI=1S/C50H95NO5/c1-4-7-10-13-16-19-22-23-24-25-26-28-29-32-35-38-41-46(56-50(55)43-40-37-34-31-27-20-17-14-11-8-5-2)44-49(54)51-47(45-52)48(53)42-39-36-33-30-21-18-15-12-9-6-3/h24-26,28,46-48,52-53H,4-23,27,29-45H2,1-3H3,(H,51,54)/b25-24+,28-26+. The summed E-state index contributed by atoms with van der Waals surface area (Å²) in [5.41, 5.74) is 0. The van der Waals surface area contributed by atoms with Gasteiger partial charge >= 0.3 is 5.97 Å². The zero-order chi connectivity index (χ0) is 41.0. The number of ether oxygens (including phenoxy) is 1. The van der Waals surface area contributed by atoms with E-state index < -0.39 is 18.2 Å². The number of unbranched alkanes of at least 4 members (excludes halogenated alkanes) is 29. The molecule has 0 fully saturated rings. The van der Waals surface area contributed by atoms with Crippen molar-refractivity contribution in [3.8, 4) is 0 Å². The number of aliphatic hydroxyl groups excluding tert-OH is 2. The molecule has 0 aromatic carbocycles. The summed E-state index contributed by atoms with van der Waals surface area (Å²) in [5.74, 6) is -0.491. The van der Waals surface area contributed by atoms with Crippen LogP contribution in [0, 0.1) is 0 Å². The molecular weight excluding hydrogens is 695 g/mol. The van der Waals surface area contributed by atoms with Crippen molar-refractivity contribution in [2.45, 2.75) is 277 Å². The Morgan fingerprint density at radius 3 is 1.34 bits per heavy atom. The molecule has 56 heavy (non-hydrogen) atoms. The lowest BCUT2D eigenvalue weighted by atomic mass is 10.0. The molecule has 3 unspecified atom stereocenters. The Morgan fingerprint density at radius 2 is 0.893 bits per heavy atom. The van der Waals surface area contributed by atoms with Crippen molar-refractivity contribution in [1.29, 1.82) is 0 Å². The number of rotatable bonds is 44. The SMILES string of the molecule is CCCCCCCCC/C=C/C=C/CCCCCC(CC(=O)NC(CO)C(O)CCCCCCCCCCCC)OC(=O)CCCCCCCCCCCCC. The van der Waals surface area contributed by atoms with E-state index >= 15 is 0 Å². The van der Waals surface area contributed by atoms with Crippen molar-refractivity contribution in [2.24, 2.45) is 0 Å². The second kappa shape index (κ2) is 44.4. The summed E-state index contributed by atoms with van der Waals surface area (Å²) in [6.07, 6.45) is 49.5. The van der Waals surface area contributed by atoms with Crippen LogP contribution in [0.5, 0.6) is 0 Å². The van der Waals surface area contributed by atoms with Gasteiger partial charge in [-0.15, -0.1) is 0 Å². The van der Waals surface area contributed by atoms with Crippen LogP contribution in [0.1, 0.15) is 258 Å². The molecule has 0 saturated heterocycles. The lowest BCUT2D eigenvalue weighted by molar-refractivity contribution is -0.151. The zero-order valence-electron chi connectivity index (χ0n) is 37.5. The molecule has 0 aromatic heterocycles. The predicted octanol–water partition coefficient (Wildman–Crippen LogP) is 14.3. The number of allylic oxidation sites excluding steroid dienone is 4. The van der Waals surface area contributed by atoms with Crippen LogP contribution in [0.2, 0.25) is 0 Å². The minimum absolute atomic E-state index is 0.0644. The predicted molar refractivity (Wildman–Crippen MR) is 241 cm³/mol. The molecule has 0 saturated carbocycles. The third kappa shape index (κ3) is 39.2. The fraction of sp³-hybridized carbons (Fsp3) is 0.880. The van der Waals surface area contributed by atoms with Gasteiger partial charge in [0.15, 0.2) is 0 Å². The molecule has 0 spiro atoms. The first-order valence-corrected chi connectivity index (χ1v) is 24.6. The second-order valence-electron chi connectivity index (χ2n) is 16.9. The van der Waals surface area contributed by atoms with Gasteiger partial charge in [-0.1, -0.05) is 218 Å². The van der Waals surface area contributed by atoms with Gasteiger partial charge in [-0.3, -0.25) is 9.59 Å². The number of carbonyl (C=O) groups excluding carboxylic acids is 2. The molecule has 330 valence electrons. The Morgan fingerprint density at radius 1 is 0.518 bits per heavy atom. The van der Waals surface area contributed by atoms with Gasteiger partial charge in [0.25, 0.3) is 0 Å². The molecule has 0 bridgehead atoms. The highest BCUT2D eigenvalue weighted by molar-refractivity contribution is 5.77. The fourth-order valence-corrected chi connectivity index (χ4v) is 7.54. The van der Waals surface area contributed by atoms with E-state index in [0.717, 1.165) is 70.6 Å². The van der Waals surface area contributed by atoms with Crippen molar-refractivity contribution in [3.05, 3.63) is 24.3 Å². The molecule has 0 heterocycles. The molecule has 6 nitrogen and oxygen atoms in total. The van der Waals surface area contributed by atoms with Gasteiger partial charge in [-0.25, -0.2) is 0 Å². The topological polar surface area (TPSA) is 95.9 Å². The number of aliphatic hydroxyl groups is 2. The average Bonchev–Trinajstić information content (AvgIpc) is 3.19.